The van der Waals surface area contributed by atoms with E-state index in [9.17, 15) is 18.9 Å². The van der Waals surface area contributed by atoms with E-state index >= 15 is 0 Å². The number of carboxylic acid groups (broad SMARTS) is 1. The van der Waals surface area contributed by atoms with Gasteiger partial charge in [0, 0.05) is 0 Å². The normalized spacial score (nSPS) is 18.3. The summed E-state index contributed by atoms with van der Waals surface area (Å²) in [5.74, 6) is -1.46. The molecule has 0 heterocycles. The summed E-state index contributed by atoms with van der Waals surface area (Å²) in [7, 11) is -1.62. The quantitative estimate of drug-likeness (QED) is 0.601. The van der Waals surface area contributed by atoms with Crippen molar-refractivity contribution in [3.05, 3.63) is 42.5 Å². The Morgan fingerprint density at radius 1 is 1.03 bits per heavy atom. The number of benzene rings is 2. The highest BCUT2D eigenvalue weighted by Gasteiger charge is 2.37. The van der Waals surface area contributed by atoms with Crippen LogP contribution in [0.15, 0.2) is 47.4 Å². The molecule has 1 fully saturated rings. The van der Waals surface area contributed by atoms with Crippen molar-refractivity contribution in [2.45, 2.75) is 69.9 Å². The predicted octanol–water partition coefficient (Wildman–Crippen LogP) is 4.02. The Labute approximate surface area is 186 Å². The minimum atomic E-state index is -1.62. The molecule has 1 aliphatic carbocycles. The van der Waals surface area contributed by atoms with E-state index in [1.54, 1.807) is 26.8 Å². The second-order valence-corrected chi connectivity index (χ2v) is 10.6. The molecule has 0 spiro atoms. The van der Waals surface area contributed by atoms with Crippen LogP contribution in [0.25, 0.3) is 10.8 Å². The summed E-state index contributed by atoms with van der Waals surface area (Å²) in [5.41, 5.74) is -0.645. The first-order valence-electron chi connectivity index (χ1n) is 10.9. The summed E-state index contributed by atoms with van der Waals surface area (Å²) in [5, 5.41) is 14.2. The van der Waals surface area contributed by atoms with Crippen molar-refractivity contribution < 1.29 is 18.9 Å². The maximum atomic E-state index is 13.3. The van der Waals surface area contributed by atoms with Gasteiger partial charge in [0.1, 0.15) is 23.1 Å². The number of carbonyl (C=O) groups is 2. The highest BCUT2D eigenvalue weighted by Crippen LogP contribution is 2.29. The van der Waals surface area contributed by atoms with Crippen LogP contribution in [0.1, 0.15) is 52.9 Å². The first-order valence-corrected chi connectivity index (χ1v) is 12.0. The predicted molar refractivity (Wildman–Crippen MR) is 123 cm³/mol. The molecule has 6 nitrogen and oxygen atoms in total. The van der Waals surface area contributed by atoms with Crippen molar-refractivity contribution >= 4 is 33.6 Å². The lowest BCUT2D eigenvalue weighted by atomic mass is 9.83. The first kappa shape index (κ1) is 23.4. The lowest BCUT2D eigenvalue weighted by molar-refractivity contribution is -0.145. The third kappa shape index (κ3) is 5.71. The van der Waals surface area contributed by atoms with Crippen molar-refractivity contribution in [1.82, 2.24) is 10.0 Å². The molecule has 3 atom stereocenters. The number of nitrogens with one attached hydrogen (secondary N) is 2. The molecule has 2 aromatic carbocycles. The number of aliphatic carboxylic acids is 1. The van der Waals surface area contributed by atoms with Gasteiger partial charge in [0.05, 0.1) is 4.90 Å². The van der Waals surface area contributed by atoms with Crippen molar-refractivity contribution in [1.29, 1.82) is 0 Å². The summed E-state index contributed by atoms with van der Waals surface area (Å²) in [6, 6.07) is 11.6. The topological polar surface area (TPSA) is 95.5 Å². The molecule has 31 heavy (non-hydrogen) atoms. The second-order valence-electron chi connectivity index (χ2n) is 9.39. The van der Waals surface area contributed by atoms with Gasteiger partial charge in [-0.2, -0.15) is 0 Å². The fraction of sp³-hybridized carbons (Fsp3) is 0.500. The third-order valence-electron chi connectivity index (χ3n) is 5.99. The van der Waals surface area contributed by atoms with E-state index in [0.29, 0.717) is 4.90 Å². The number of amides is 1. The summed E-state index contributed by atoms with van der Waals surface area (Å²) in [6.07, 6.45) is 4.85. The lowest BCUT2D eigenvalue weighted by Gasteiger charge is -2.33. The van der Waals surface area contributed by atoms with Gasteiger partial charge in [-0.15, -0.1) is 0 Å². The molecular formula is C24H32N2O4S. The number of carboxylic acids is 1. The molecule has 3 rings (SSSR count). The summed E-state index contributed by atoms with van der Waals surface area (Å²) in [4.78, 5) is 25.7. The molecule has 0 bridgehead atoms. The second kappa shape index (κ2) is 9.92. The molecule has 7 heteroatoms. The highest BCUT2D eigenvalue weighted by atomic mass is 32.2. The highest BCUT2D eigenvalue weighted by molar-refractivity contribution is 7.83. The lowest BCUT2D eigenvalue weighted by Crippen LogP contribution is -2.57. The zero-order valence-corrected chi connectivity index (χ0v) is 19.2. The molecule has 3 unspecified atom stereocenters. The summed E-state index contributed by atoms with van der Waals surface area (Å²) < 4.78 is 16.4. The molecule has 0 radical (unpaired) electrons. The molecule has 1 amide bonds. The van der Waals surface area contributed by atoms with Gasteiger partial charge >= 0.3 is 5.97 Å². The van der Waals surface area contributed by atoms with Crippen LogP contribution in [0, 0.1) is 11.3 Å². The smallest absolute Gasteiger partial charge is 0.326 e. The zero-order chi connectivity index (χ0) is 22.6. The van der Waals surface area contributed by atoms with Crippen LogP contribution < -0.4 is 10.0 Å². The van der Waals surface area contributed by atoms with E-state index in [4.69, 9.17) is 0 Å². The van der Waals surface area contributed by atoms with Gasteiger partial charge < -0.3 is 10.4 Å². The largest absolute Gasteiger partial charge is 0.480 e. The van der Waals surface area contributed by atoms with Gasteiger partial charge in [0.15, 0.2) is 0 Å². The van der Waals surface area contributed by atoms with Gasteiger partial charge in [-0.25, -0.2) is 13.7 Å². The van der Waals surface area contributed by atoms with Gasteiger partial charge in [-0.05, 0) is 41.0 Å². The van der Waals surface area contributed by atoms with E-state index in [-0.39, 0.29) is 5.92 Å². The van der Waals surface area contributed by atoms with Gasteiger partial charge in [0.25, 0.3) is 0 Å². The number of carbonyl (C=O) groups excluding carboxylic acids is 1. The molecule has 1 saturated carbocycles. The van der Waals surface area contributed by atoms with E-state index < -0.39 is 40.4 Å². The van der Waals surface area contributed by atoms with Crippen LogP contribution in [-0.2, 0) is 20.6 Å². The van der Waals surface area contributed by atoms with Crippen molar-refractivity contribution in [2.24, 2.45) is 11.3 Å². The molecule has 0 aliphatic heterocycles. The molecule has 3 N–H and O–H groups in total. The molecule has 0 saturated heterocycles. The van der Waals surface area contributed by atoms with E-state index in [0.717, 1.165) is 42.9 Å². The van der Waals surface area contributed by atoms with E-state index in [1.165, 1.54) is 0 Å². The van der Waals surface area contributed by atoms with Gasteiger partial charge in [-0.3, -0.25) is 4.79 Å². The molecule has 168 valence electrons. The monoisotopic (exact) mass is 444 g/mol. The molecule has 0 aromatic heterocycles. The van der Waals surface area contributed by atoms with Crippen LogP contribution in [0.5, 0.6) is 0 Å². The van der Waals surface area contributed by atoms with Crippen LogP contribution in [-0.4, -0.2) is 33.3 Å². The number of fused-ring (bicyclic) bond motifs is 1. The summed E-state index contributed by atoms with van der Waals surface area (Å²) >= 11 is 0. The van der Waals surface area contributed by atoms with Crippen molar-refractivity contribution in [3.8, 4) is 0 Å². The van der Waals surface area contributed by atoms with Crippen molar-refractivity contribution in [3.63, 3.8) is 0 Å². The average molecular weight is 445 g/mol. The fourth-order valence-corrected chi connectivity index (χ4v) is 5.49. The minimum Gasteiger partial charge on any atom is -0.480 e. The van der Waals surface area contributed by atoms with Crippen molar-refractivity contribution in [2.75, 3.05) is 0 Å². The Morgan fingerprint density at radius 3 is 2.32 bits per heavy atom. The first-order chi connectivity index (χ1) is 14.7. The number of rotatable bonds is 7. The Kier molecular flexibility index (Phi) is 7.49. The van der Waals surface area contributed by atoms with E-state index in [2.05, 4.69) is 10.0 Å². The molecule has 1 aliphatic rings. The average Bonchev–Trinajstić information content (AvgIpc) is 2.74. The maximum Gasteiger partial charge on any atom is 0.326 e. The Morgan fingerprint density at radius 2 is 1.68 bits per heavy atom. The van der Waals surface area contributed by atoms with Gasteiger partial charge in [-0.1, -0.05) is 76.4 Å². The van der Waals surface area contributed by atoms with Crippen LogP contribution in [0.2, 0.25) is 0 Å². The minimum absolute atomic E-state index is 0.0158. The van der Waals surface area contributed by atoms with Crippen LogP contribution in [0.3, 0.4) is 0 Å². The van der Waals surface area contributed by atoms with Crippen LogP contribution in [0.4, 0.5) is 0 Å². The number of hydrogen-bond acceptors (Lipinski definition) is 3. The van der Waals surface area contributed by atoms with Gasteiger partial charge in [0.2, 0.25) is 5.91 Å². The Hall–Kier alpha value is -2.25. The molecular weight excluding hydrogens is 412 g/mol. The third-order valence-corrected chi connectivity index (χ3v) is 7.21. The summed E-state index contributed by atoms with van der Waals surface area (Å²) in [6.45, 7) is 5.34. The fourth-order valence-electron chi connectivity index (χ4n) is 4.25. The Bertz CT molecular complexity index is 958. The maximum absolute atomic E-state index is 13.3. The molecule has 2 aromatic rings. The van der Waals surface area contributed by atoms with Crippen LogP contribution >= 0.6 is 0 Å². The zero-order valence-electron chi connectivity index (χ0n) is 18.4. The Balaban J connectivity index is 1.87. The van der Waals surface area contributed by atoms with E-state index in [1.807, 2.05) is 36.4 Å². The number of hydrogen-bond donors (Lipinski definition) is 3. The SMILES string of the molecule is CC(C)(C)C(NC(=O)C(NS(=O)c1cccc2ccccc12)C1CCCCC1)C(=O)O. The standard InChI is InChI=1S/C24H32N2O4S/c1-24(2,3)21(23(28)29)25-22(27)20(17-11-5-4-6-12-17)26-31(30)19-15-9-13-16-10-7-8-14-18(16)19/h7-10,13-15,17,20-21,26H,4-6,11-12H2,1-3H3,(H,25,27)(H,28,29).